The molecule has 6 aromatic carbocycles. The van der Waals surface area contributed by atoms with Gasteiger partial charge < -0.3 is 9.67 Å². The van der Waals surface area contributed by atoms with Crippen molar-refractivity contribution in [3.8, 4) is 5.69 Å². The molecule has 5 nitrogen and oxygen atoms in total. The molecule has 8 rings (SSSR count). The smallest absolute Gasteiger partial charge is 0.335 e. The van der Waals surface area contributed by atoms with Gasteiger partial charge in [0.05, 0.1) is 22.5 Å². The highest BCUT2D eigenvalue weighted by molar-refractivity contribution is 6.27. The summed E-state index contributed by atoms with van der Waals surface area (Å²) < 4.78 is 2.30. The van der Waals surface area contributed by atoms with E-state index in [0.29, 0.717) is 5.56 Å². The number of carboxylic acid groups (broad SMARTS) is 1. The van der Waals surface area contributed by atoms with Crippen LogP contribution in [0.25, 0.3) is 49.0 Å². The summed E-state index contributed by atoms with van der Waals surface area (Å²) in [4.78, 5) is 38.0. The van der Waals surface area contributed by atoms with Gasteiger partial charge in [0.15, 0.2) is 11.6 Å². The van der Waals surface area contributed by atoms with Gasteiger partial charge in [0.1, 0.15) is 0 Å². The van der Waals surface area contributed by atoms with E-state index < -0.39 is 11.9 Å². The minimum Gasteiger partial charge on any atom is -0.478 e. The zero-order chi connectivity index (χ0) is 28.5. The Balaban J connectivity index is 1.29. The third-order valence-electron chi connectivity index (χ3n) is 8.58. The van der Waals surface area contributed by atoms with Gasteiger partial charge in [-0.2, -0.15) is 0 Å². The number of carbonyl (C=O) groups excluding carboxylic acids is 2. The number of fused-ring (bicyclic) bond motifs is 7. The van der Waals surface area contributed by atoms with Crippen LogP contribution in [-0.2, 0) is 6.42 Å². The number of aromatic nitrogens is 1. The molecule has 1 N–H and O–H groups in total. The first-order valence-corrected chi connectivity index (χ1v) is 13.9. The molecule has 1 aliphatic carbocycles. The van der Waals surface area contributed by atoms with Crippen LogP contribution in [0.3, 0.4) is 0 Å². The third kappa shape index (κ3) is 3.53. The fourth-order valence-corrected chi connectivity index (χ4v) is 6.55. The number of carboxylic acids is 1. The van der Waals surface area contributed by atoms with Gasteiger partial charge in [-0.1, -0.05) is 72.8 Å². The van der Waals surface area contributed by atoms with E-state index in [-0.39, 0.29) is 29.1 Å². The quantitative estimate of drug-likeness (QED) is 0.227. The van der Waals surface area contributed by atoms with E-state index in [4.69, 9.17) is 0 Å². The normalized spacial score (nSPS) is 14.8. The maximum absolute atomic E-state index is 13.3. The Morgan fingerprint density at radius 2 is 1.38 bits per heavy atom. The highest BCUT2D eigenvalue weighted by atomic mass is 16.4. The van der Waals surface area contributed by atoms with Crippen molar-refractivity contribution in [1.29, 1.82) is 0 Å². The Morgan fingerprint density at radius 3 is 2.21 bits per heavy atom. The lowest BCUT2D eigenvalue weighted by Gasteiger charge is -2.11. The predicted molar refractivity (Wildman–Crippen MR) is 165 cm³/mol. The number of ketones is 2. The summed E-state index contributed by atoms with van der Waals surface area (Å²) in [5.41, 5.74) is 4.59. The molecule has 7 aromatic rings. The van der Waals surface area contributed by atoms with Crippen LogP contribution in [0.2, 0.25) is 0 Å². The monoisotopic (exact) mass is 545 g/mol. The van der Waals surface area contributed by atoms with E-state index in [9.17, 15) is 19.5 Å². The number of hydrogen-bond donors (Lipinski definition) is 1. The van der Waals surface area contributed by atoms with Gasteiger partial charge in [-0.15, -0.1) is 0 Å². The van der Waals surface area contributed by atoms with Crippen LogP contribution in [0.15, 0.2) is 115 Å². The standard InChI is InChI=1S/C37H23NO4/c39-35-29-15-12-25(37(41)42)20-31(29)36(40)32(35)18-21-9-16-33-30(17-21)28-14-11-23-6-3-4-8-27(23)34(28)38(33)26-13-10-22-5-1-2-7-24(22)19-26/h1-17,19-20,32H,18H2,(H,41,42). The minimum atomic E-state index is -1.12. The second kappa shape index (κ2) is 8.98. The first-order chi connectivity index (χ1) is 20.5. The molecule has 0 spiro atoms. The summed E-state index contributed by atoms with van der Waals surface area (Å²) in [6.45, 7) is 0. The fraction of sp³-hybridized carbons (Fsp3) is 0.0541. The first kappa shape index (κ1) is 24.3. The van der Waals surface area contributed by atoms with Crippen molar-refractivity contribution in [2.45, 2.75) is 6.42 Å². The average Bonchev–Trinajstić information content (AvgIpc) is 3.47. The Hall–Kier alpha value is -5.55. The van der Waals surface area contributed by atoms with Crippen LogP contribution >= 0.6 is 0 Å². The van der Waals surface area contributed by atoms with Gasteiger partial charge in [-0.05, 0) is 70.6 Å². The van der Waals surface area contributed by atoms with E-state index in [1.165, 1.54) is 23.6 Å². The van der Waals surface area contributed by atoms with Crippen LogP contribution in [0.5, 0.6) is 0 Å². The molecule has 42 heavy (non-hydrogen) atoms. The molecular formula is C37H23NO4. The highest BCUT2D eigenvalue weighted by Gasteiger charge is 2.39. The zero-order valence-electron chi connectivity index (χ0n) is 22.4. The SMILES string of the molecule is O=C(O)c1ccc2c(c1)C(=O)C(Cc1ccc3c(c1)c1ccc4ccccc4c1n3-c1ccc3ccccc3c1)C2=O. The second-order valence-corrected chi connectivity index (χ2v) is 11.0. The lowest BCUT2D eigenvalue weighted by molar-refractivity contribution is 0.0696. The van der Waals surface area contributed by atoms with E-state index in [1.807, 2.05) is 24.3 Å². The van der Waals surface area contributed by atoms with Crippen molar-refractivity contribution in [2.75, 3.05) is 0 Å². The van der Waals surface area contributed by atoms with Gasteiger partial charge >= 0.3 is 5.97 Å². The summed E-state index contributed by atoms with van der Waals surface area (Å²) in [5, 5.41) is 16.1. The van der Waals surface area contributed by atoms with Gasteiger partial charge in [-0.3, -0.25) is 9.59 Å². The molecular weight excluding hydrogens is 522 g/mol. The molecule has 0 radical (unpaired) electrons. The second-order valence-electron chi connectivity index (χ2n) is 11.0. The molecule has 0 saturated carbocycles. The number of Topliss-reactive ketones (excluding diaryl/α,β-unsaturated/α-hetero) is 2. The van der Waals surface area contributed by atoms with E-state index in [2.05, 4.69) is 77.4 Å². The van der Waals surface area contributed by atoms with Crippen molar-refractivity contribution in [3.05, 3.63) is 138 Å². The molecule has 1 unspecified atom stereocenters. The molecule has 0 amide bonds. The lowest BCUT2D eigenvalue weighted by Crippen LogP contribution is -2.18. The van der Waals surface area contributed by atoms with E-state index >= 15 is 0 Å². The number of hydrogen-bond acceptors (Lipinski definition) is 3. The Bertz CT molecular complexity index is 2310. The van der Waals surface area contributed by atoms with E-state index in [0.717, 1.165) is 49.2 Å². The molecule has 1 heterocycles. The Kier molecular flexibility index (Phi) is 5.19. The van der Waals surface area contributed by atoms with Crippen LogP contribution in [0.4, 0.5) is 0 Å². The highest BCUT2D eigenvalue weighted by Crippen LogP contribution is 2.38. The third-order valence-corrected chi connectivity index (χ3v) is 8.58. The van der Waals surface area contributed by atoms with Crippen molar-refractivity contribution in [3.63, 3.8) is 0 Å². The molecule has 200 valence electrons. The number of nitrogens with zero attached hydrogens (tertiary/aromatic N) is 1. The number of aromatic carboxylic acids is 1. The maximum atomic E-state index is 13.3. The average molecular weight is 546 g/mol. The summed E-state index contributed by atoms with van der Waals surface area (Å²) in [6, 6.07) is 37.8. The van der Waals surface area contributed by atoms with Crippen molar-refractivity contribution in [1.82, 2.24) is 4.57 Å². The zero-order valence-corrected chi connectivity index (χ0v) is 22.4. The van der Waals surface area contributed by atoms with Gasteiger partial charge in [0, 0.05) is 33.0 Å². The minimum absolute atomic E-state index is 0.00527. The van der Waals surface area contributed by atoms with Crippen molar-refractivity contribution in [2.24, 2.45) is 5.92 Å². The summed E-state index contributed by atoms with van der Waals surface area (Å²) in [7, 11) is 0. The lowest BCUT2D eigenvalue weighted by atomic mass is 9.94. The van der Waals surface area contributed by atoms with Gasteiger partial charge in [0.25, 0.3) is 0 Å². The van der Waals surface area contributed by atoms with Crippen LogP contribution in [-0.4, -0.2) is 27.2 Å². The predicted octanol–water partition coefficient (Wildman–Crippen LogP) is 8.03. The topological polar surface area (TPSA) is 76.4 Å². The molecule has 0 fully saturated rings. The summed E-state index contributed by atoms with van der Waals surface area (Å²) >= 11 is 0. The van der Waals surface area contributed by atoms with Crippen molar-refractivity contribution < 1.29 is 19.5 Å². The summed E-state index contributed by atoms with van der Waals surface area (Å²) in [5.74, 6) is -2.56. The Labute approximate surface area is 240 Å². The molecule has 1 aromatic heterocycles. The van der Waals surface area contributed by atoms with Crippen LogP contribution < -0.4 is 0 Å². The van der Waals surface area contributed by atoms with Crippen LogP contribution in [0.1, 0.15) is 36.6 Å². The first-order valence-electron chi connectivity index (χ1n) is 13.9. The molecule has 1 atom stereocenters. The molecule has 0 saturated heterocycles. The largest absolute Gasteiger partial charge is 0.478 e. The van der Waals surface area contributed by atoms with E-state index in [1.54, 1.807) is 0 Å². The number of rotatable bonds is 4. The molecule has 1 aliphatic rings. The number of benzene rings is 6. The number of carbonyl (C=O) groups is 3. The van der Waals surface area contributed by atoms with Gasteiger partial charge in [-0.25, -0.2) is 4.79 Å². The van der Waals surface area contributed by atoms with Gasteiger partial charge in [0.2, 0.25) is 0 Å². The Morgan fingerprint density at radius 1 is 0.643 bits per heavy atom. The summed E-state index contributed by atoms with van der Waals surface area (Å²) in [6.07, 6.45) is 0.251. The molecule has 5 heteroatoms. The fourth-order valence-electron chi connectivity index (χ4n) is 6.55. The maximum Gasteiger partial charge on any atom is 0.335 e. The molecule has 0 aliphatic heterocycles. The van der Waals surface area contributed by atoms with Crippen LogP contribution in [0, 0.1) is 5.92 Å². The van der Waals surface area contributed by atoms with Crippen molar-refractivity contribution >= 4 is 60.9 Å². The molecule has 0 bridgehead atoms.